The summed E-state index contributed by atoms with van der Waals surface area (Å²) in [6.07, 6.45) is 1.71. The molecule has 4 rings (SSSR count). The minimum absolute atomic E-state index is 0.421. The van der Waals surface area contributed by atoms with Gasteiger partial charge in [-0.3, -0.25) is 0 Å². The van der Waals surface area contributed by atoms with Crippen molar-refractivity contribution in [1.29, 1.82) is 0 Å². The van der Waals surface area contributed by atoms with E-state index in [0.29, 0.717) is 29.1 Å². The molecule has 3 aromatic carbocycles. The van der Waals surface area contributed by atoms with Crippen molar-refractivity contribution < 1.29 is 9.47 Å². The third-order valence-electron chi connectivity index (χ3n) is 4.32. The Labute approximate surface area is 192 Å². The summed E-state index contributed by atoms with van der Waals surface area (Å²) < 4.78 is 12.4. The average molecular weight is 533 g/mol. The standard InChI is InChI=1S/C22H18ClIN4O2/c1-29-20-11-15(12-25-28-22-26-18-4-2-3-5-19(18)27-22)10-17(24)21(20)30-13-14-6-8-16(23)9-7-14/h2-12H,13H2,1H3,(H2,26,27,28)/b25-12-. The topological polar surface area (TPSA) is 71.5 Å². The Morgan fingerprint density at radius 1 is 1.17 bits per heavy atom. The van der Waals surface area contributed by atoms with Crippen molar-refractivity contribution >= 4 is 57.4 Å². The van der Waals surface area contributed by atoms with Crippen molar-refractivity contribution in [3.8, 4) is 11.5 Å². The largest absolute Gasteiger partial charge is 0.493 e. The number of benzene rings is 3. The highest BCUT2D eigenvalue weighted by atomic mass is 127. The summed E-state index contributed by atoms with van der Waals surface area (Å²) in [6.45, 7) is 0.421. The Hall–Kier alpha value is -2.78. The number of methoxy groups -OCH3 is 1. The van der Waals surface area contributed by atoms with Gasteiger partial charge in [0, 0.05) is 5.02 Å². The lowest BCUT2D eigenvalue weighted by Gasteiger charge is -2.13. The fraction of sp³-hybridized carbons (Fsp3) is 0.0909. The highest BCUT2D eigenvalue weighted by Gasteiger charge is 2.11. The molecule has 0 unspecified atom stereocenters. The number of anilines is 1. The number of para-hydroxylation sites is 2. The monoisotopic (exact) mass is 532 g/mol. The maximum Gasteiger partial charge on any atom is 0.222 e. The maximum atomic E-state index is 6.00. The molecule has 0 atom stereocenters. The van der Waals surface area contributed by atoms with Crippen LogP contribution in [-0.2, 0) is 6.61 Å². The van der Waals surface area contributed by atoms with Crippen LogP contribution in [0, 0.1) is 3.57 Å². The Kier molecular flexibility index (Phi) is 6.39. The van der Waals surface area contributed by atoms with Crippen molar-refractivity contribution in [2.45, 2.75) is 6.61 Å². The zero-order chi connectivity index (χ0) is 20.9. The molecule has 0 aliphatic carbocycles. The van der Waals surface area contributed by atoms with Gasteiger partial charge in [-0.25, -0.2) is 10.4 Å². The SMILES string of the molecule is COc1cc(/C=N\Nc2nc3ccccc3[nH]2)cc(I)c1OCc1ccc(Cl)cc1. The van der Waals surface area contributed by atoms with Crippen LogP contribution in [0.3, 0.4) is 0 Å². The second-order valence-corrected chi connectivity index (χ2v) is 8.02. The second-order valence-electron chi connectivity index (χ2n) is 6.42. The molecule has 0 fully saturated rings. The minimum Gasteiger partial charge on any atom is -0.493 e. The predicted octanol–water partition coefficient (Wildman–Crippen LogP) is 5.85. The normalized spacial score (nSPS) is 11.2. The molecule has 0 aliphatic rings. The average Bonchev–Trinajstić information content (AvgIpc) is 3.16. The van der Waals surface area contributed by atoms with E-state index in [1.54, 1.807) is 13.3 Å². The fourth-order valence-electron chi connectivity index (χ4n) is 2.86. The number of nitrogens with one attached hydrogen (secondary N) is 2. The van der Waals surface area contributed by atoms with Gasteiger partial charge < -0.3 is 14.5 Å². The van der Waals surface area contributed by atoms with E-state index in [1.807, 2.05) is 60.7 Å². The van der Waals surface area contributed by atoms with Crippen LogP contribution in [-0.4, -0.2) is 23.3 Å². The molecule has 0 aliphatic heterocycles. The van der Waals surface area contributed by atoms with Gasteiger partial charge in [0.15, 0.2) is 11.5 Å². The van der Waals surface area contributed by atoms with E-state index < -0.39 is 0 Å². The van der Waals surface area contributed by atoms with Crippen molar-refractivity contribution in [1.82, 2.24) is 9.97 Å². The van der Waals surface area contributed by atoms with Crippen LogP contribution in [0.4, 0.5) is 5.95 Å². The van der Waals surface area contributed by atoms with Gasteiger partial charge in [0.25, 0.3) is 0 Å². The first-order valence-corrected chi connectivity index (χ1v) is 10.6. The lowest BCUT2D eigenvalue weighted by molar-refractivity contribution is 0.282. The highest BCUT2D eigenvalue weighted by Crippen LogP contribution is 2.34. The molecule has 1 heterocycles. The van der Waals surface area contributed by atoms with Crippen LogP contribution in [0.15, 0.2) is 65.8 Å². The van der Waals surface area contributed by atoms with Gasteiger partial charge in [-0.1, -0.05) is 35.9 Å². The summed E-state index contributed by atoms with van der Waals surface area (Å²) in [5, 5.41) is 4.97. The van der Waals surface area contributed by atoms with E-state index in [9.17, 15) is 0 Å². The van der Waals surface area contributed by atoms with Crippen LogP contribution in [0.5, 0.6) is 11.5 Å². The molecular weight excluding hydrogens is 515 g/mol. The number of aromatic amines is 1. The molecule has 30 heavy (non-hydrogen) atoms. The summed E-state index contributed by atoms with van der Waals surface area (Å²) in [5.41, 5.74) is 6.66. The Morgan fingerprint density at radius 3 is 2.73 bits per heavy atom. The lowest BCUT2D eigenvalue weighted by atomic mass is 10.2. The zero-order valence-electron chi connectivity index (χ0n) is 16.0. The van der Waals surface area contributed by atoms with E-state index in [0.717, 1.165) is 25.7 Å². The minimum atomic E-state index is 0.421. The van der Waals surface area contributed by atoms with Crippen LogP contribution < -0.4 is 14.9 Å². The van der Waals surface area contributed by atoms with Gasteiger partial charge in [0.2, 0.25) is 5.95 Å². The molecular formula is C22H18ClIN4O2. The molecule has 0 amide bonds. The number of H-pyrrole nitrogens is 1. The number of ether oxygens (including phenoxy) is 2. The van der Waals surface area contributed by atoms with Crippen molar-refractivity contribution in [3.63, 3.8) is 0 Å². The van der Waals surface area contributed by atoms with E-state index in [1.165, 1.54) is 0 Å². The molecule has 8 heteroatoms. The number of hydrogen-bond acceptors (Lipinski definition) is 5. The third-order valence-corrected chi connectivity index (χ3v) is 5.37. The quantitative estimate of drug-likeness (QED) is 0.178. The predicted molar refractivity (Wildman–Crippen MR) is 129 cm³/mol. The van der Waals surface area contributed by atoms with Gasteiger partial charge >= 0.3 is 0 Å². The van der Waals surface area contributed by atoms with Gasteiger partial charge in [0.1, 0.15) is 6.61 Å². The Morgan fingerprint density at radius 2 is 1.97 bits per heavy atom. The smallest absolute Gasteiger partial charge is 0.222 e. The molecule has 2 N–H and O–H groups in total. The summed E-state index contributed by atoms with van der Waals surface area (Å²) in [6, 6.07) is 19.2. The number of hydrazone groups is 1. The van der Waals surface area contributed by atoms with Crippen molar-refractivity contribution in [3.05, 3.63) is 80.4 Å². The number of nitrogens with zero attached hydrogens (tertiary/aromatic N) is 2. The number of fused-ring (bicyclic) bond motifs is 1. The number of imidazole rings is 1. The van der Waals surface area contributed by atoms with E-state index in [4.69, 9.17) is 21.1 Å². The van der Waals surface area contributed by atoms with Crippen LogP contribution in [0.2, 0.25) is 5.02 Å². The fourth-order valence-corrected chi connectivity index (χ4v) is 3.77. The van der Waals surface area contributed by atoms with Gasteiger partial charge in [-0.15, -0.1) is 0 Å². The molecule has 0 radical (unpaired) electrons. The summed E-state index contributed by atoms with van der Waals surface area (Å²) in [4.78, 5) is 7.60. The van der Waals surface area contributed by atoms with Crippen LogP contribution >= 0.6 is 34.2 Å². The first kappa shape index (κ1) is 20.5. The van der Waals surface area contributed by atoms with Crippen LogP contribution in [0.25, 0.3) is 11.0 Å². The number of hydrogen-bond donors (Lipinski definition) is 2. The molecule has 0 saturated heterocycles. The summed E-state index contributed by atoms with van der Waals surface area (Å²) in [7, 11) is 1.62. The van der Waals surface area contributed by atoms with E-state index in [2.05, 4.69) is 43.1 Å². The summed E-state index contributed by atoms with van der Waals surface area (Å²) in [5.74, 6) is 1.91. The highest BCUT2D eigenvalue weighted by molar-refractivity contribution is 14.1. The molecule has 0 spiro atoms. The number of rotatable bonds is 7. The Bertz CT molecular complexity index is 1160. The molecule has 4 aromatic rings. The van der Waals surface area contributed by atoms with Crippen molar-refractivity contribution in [2.75, 3.05) is 12.5 Å². The second kappa shape index (κ2) is 9.36. The first-order chi connectivity index (χ1) is 14.6. The molecule has 1 aromatic heterocycles. The van der Waals surface area contributed by atoms with Gasteiger partial charge in [0.05, 0.1) is 27.9 Å². The summed E-state index contributed by atoms with van der Waals surface area (Å²) >= 11 is 8.16. The lowest BCUT2D eigenvalue weighted by Crippen LogP contribution is -2.01. The zero-order valence-corrected chi connectivity index (χ0v) is 18.9. The molecule has 0 bridgehead atoms. The van der Waals surface area contributed by atoms with Gasteiger partial charge in [-0.05, 0) is 70.1 Å². The first-order valence-electron chi connectivity index (χ1n) is 9.11. The molecule has 6 nitrogen and oxygen atoms in total. The third kappa shape index (κ3) is 4.85. The number of aromatic nitrogens is 2. The number of halogens is 2. The molecule has 0 saturated carbocycles. The van der Waals surface area contributed by atoms with Gasteiger partial charge in [-0.2, -0.15) is 5.10 Å². The van der Waals surface area contributed by atoms with E-state index >= 15 is 0 Å². The van der Waals surface area contributed by atoms with Crippen LogP contribution in [0.1, 0.15) is 11.1 Å². The maximum absolute atomic E-state index is 6.00. The molecule has 152 valence electrons. The van der Waals surface area contributed by atoms with Crippen molar-refractivity contribution in [2.24, 2.45) is 5.10 Å². The Balaban J connectivity index is 1.46. The van der Waals surface area contributed by atoms with E-state index in [-0.39, 0.29) is 0 Å².